The molecule has 1 aromatic carbocycles. The van der Waals surface area contributed by atoms with Crippen LogP contribution in [-0.2, 0) is 14.2 Å². The van der Waals surface area contributed by atoms with E-state index in [1.165, 1.54) is 31.4 Å². The van der Waals surface area contributed by atoms with Gasteiger partial charge in [-0.1, -0.05) is 13.8 Å². The van der Waals surface area contributed by atoms with Gasteiger partial charge < -0.3 is 14.2 Å². The second kappa shape index (κ2) is 6.41. The molecule has 0 aromatic heterocycles. The van der Waals surface area contributed by atoms with Gasteiger partial charge >= 0.3 is 5.97 Å². The standard InChI is InChI=1S/C15H19NO6/c1-4-15(2)9-21-14(20-3)12(15)22-13(17)10-5-7-11(8-6-10)16(18)19/h5-8,12,14H,4,9H2,1-3H3/t12-,14+,15-/m1/s1. The lowest BCUT2D eigenvalue weighted by atomic mass is 9.84. The van der Waals surface area contributed by atoms with Crippen LogP contribution in [0.5, 0.6) is 0 Å². The SMILES string of the molecule is CC[C@]1(C)CO[C@H](OC)[C@H]1OC(=O)c1ccc([N+](=O)[O-])cc1. The van der Waals surface area contributed by atoms with Crippen molar-refractivity contribution in [1.29, 1.82) is 0 Å². The molecule has 22 heavy (non-hydrogen) atoms. The summed E-state index contributed by atoms with van der Waals surface area (Å²) in [6, 6.07) is 5.30. The summed E-state index contributed by atoms with van der Waals surface area (Å²) in [7, 11) is 1.50. The number of carbonyl (C=O) groups is 1. The highest BCUT2D eigenvalue weighted by Crippen LogP contribution is 2.38. The lowest BCUT2D eigenvalue weighted by molar-refractivity contribution is -0.384. The van der Waals surface area contributed by atoms with Gasteiger partial charge in [0.25, 0.3) is 5.69 Å². The number of hydrogen-bond donors (Lipinski definition) is 0. The first-order valence-electron chi connectivity index (χ1n) is 7.01. The number of ether oxygens (including phenoxy) is 3. The lowest BCUT2D eigenvalue weighted by Gasteiger charge is -2.29. The van der Waals surface area contributed by atoms with Gasteiger partial charge in [0, 0.05) is 24.7 Å². The van der Waals surface area contributed by atoms with Gasteiger partial charge in [-0.15, -0.1) is 0 Å². The summed E-state index contributed by atoms with van der Waals surface area (Å²) in [5.41, 5.74) is -0.142. The fourth-order valence-corrected chi connectivity index (χ4v) is 2.37. The van der Waals surface area contributed by atoms with E-state index in [2.05, 4.69) is 0 Å². The number of hydrogen-bond acceptors (Lipinski definition) is 6. The number of carbonyl (C=O) groups excluding carboxylic acids is 1. The van der Waals surface area contributed by atoms with E-state index in [0.29, 0.717) is 6.61 Å². The number of nitro benzene ring substituents is 1. The van der Waals surface area contributed by atoms with Crippen LogP contribution in [0.1, 0.15) is 30.6 Å². The van der Waals surface area contributed by atoms with E-state index >= 15 is 0 Å². The Morgan fingerprint density at radius 2 is 2.09 bits per heavy atom. The minimum absolute atomic E-state index is 0.0751. The van der Waals surface area contributed by atoms with Crippen LogP contribution in [0.4, 0.5) is 5.69 Å². The topological polar surface area (TPSA) is 87.9 Å². The van der Waals surface area contributed by atoms with Gasteiger partial charge in [-0.05, 0) is 18.6 Å². The van der Waals surface area contributed by atoms with Crippen LogP contribution in [0.15, 0.2) is 24.3 Å². The molecule has 2 rings (SSSR count). The van der Waals surface area contributed by atoms with Crippen LogP contribution < -0.4 is 0 Å². The molecule has 7 heteroatoms. The molecule has 1 fully saturated rings. The highest BCUT2D eigenvalue weighted by atomic mass is 16.7. The predicted molar refractivity (Wildman–Crippen MR) is 77.4 cm³/mol. The average molecular weight is 309 g/mol. The van der Waals surface area contributed by atoms with E-state index in [1.54, 1.807) is 0 Å². The number of esters is 1. The van der Waals surface area contributed by atoms with Gasteiger partial charge in [-0.3, -0.25) is 10.1 Å². The van der Waals surface area contributed by atoms with Gasteiger partial charge in [0.15, 0.2) is 12.4 Å². The van der Waals surface area contributed by atoms with Gasteiger partial charge in [-0.2, -0.15) is 0 Å². The second-order valence-corrected chi connectivity index (χ2v) is 5.55. The van der Waals surface area contributed by atoms with E-state index in [4.69, 9.17) is 14.2 Å². The quantitative estimate of drug-likeness (QED) is 0.472. The molecule has 120 valence electrons. The molecule has 0 bridgehead atoms. The molecule has 3 atom stereocenters. The fourth-order valence-electron chi connectivity index (χ4n) is 2.37. The first kappa shape index (κ1) is 16.4. The van der Waals surface area contributed by atoms with Gasteiger partial charge in [0.05, 0.1) is 17.1 Å². The van der Waals surface area contributed by atoms with Crippen LogP contribution in [0.25, 0.3) is 0 Å². The molecule has 1 aliphatic heterocycles. The van der Waals surface area contributed by atoms with Crippen LogP contribution in [0, 0.1) is 15.5 Å². The zero-order valence-corrected chi connectivity index (χ0v) is 12.8. The maximum absolute atomic E-state index is 12.2. The van der Waals surface area contributed by atoms with Gasteiger partial charge in [-0.25, -0.2) is 4.79 Å². The van der Waals surface area contributed by atoms with Crippen molar-refractivity contribution in [3.05, 3.63) is 39.9 Å². The Morgan fingerprint density at radius 3 is 2.59 bits per heavy atom. The molecule has 0 amide bonds. The van der Waals surface area contributed by atoms with Crippen LogP contribution in [0.3, 0.4) is 0 Å². The first-order valence-corrected chi connectivity index (χ1v) is 7.01. The van der Waals surface area contributed by atoms with E-state index in [1.807, 2.05) is 13.8 Å². The number of nitro groups is 1. The average Bonchev–Trinajstić information content (AvgIpc) is 2.84. The molecule has 1 heterocycles. The third-order valence-corrected chi connectivity index (χ3v) is 4.10. The van der Waals surface area contributed by atoms with Crippen molar-refractivity contribution in [3.63, 3.8) is 0 Å². The fraction of sp³-hybridized carbons (Fsp3) is 0.533. The first-order chi connectivity index (χ1) is 10.4. The van der Waals surface area contributed by atoms with Crippen molar-refractivity contribution in [2.75, 3.05) is 13.7 Å². The van der Waals surface area contributed by atoms with Crippen LogP contribution in [-0.4, -0.2) is 37.0 Å². The maximum Gasteiger partial charge on any atom is 0.338 e. The monoisotopic (exact) mass is 309 g/mol. The van der Waals surface area contributed by atoms with Crippen molar-refractivity contribution >= 4 is 11.7 Å². The number of methoxy groups -OCH3 is 1. The number of nitrogens with zero attached hydrogens (tertiary/aromatic N) is 1. The van der Waals surface area contributed by atoms with E-state index in [-0.39, 0.29) is 16.7 Å². The van der Waals surface area contributed by atoms with Crippen LogP contribution in [0.2, 0.25) is 0 Å². The Morgan fingerprint density at radius 1 is 1.45 bits per heavy atom. The Balaban J connectivity index is 2.14. The van der Waals surface area contributed by atoms with Crippen molar-refractivity contribution < 1.29 is 23.9 Å². The third kappa shape index (κ3) is 3.10. The second-order valence-electron chi connectivity index (χ2n) is 5.55. The highest BCUT2D eigenvalue weighted by molar-refractivity contribution is 5.89. The Bertz CT molecular complexity index is 558. The Labute approximate surface area is 128 Å². The number of benzene rings is 1. The van der Waals surface area contributed by atoms with Crippen LogP contribution >= 0.6 is 0 Å². The summed E-state index contributed by atoms with van der Waals surface area (Å²) in [4.78, 5) is 22.3. The Hall–Kier alpha value is -1.99. The number of rotatable bonds is 5. The summed E-state index contributed by atoms with van der Waals surface area (Å²) >= 11 is 0. The van der Waals surface area contributed by atoms with Crippen molar-refractivity contribution in [2.45, 2.75) is 32.7 Å². The summed E-state index contributed by atoms with van der Waals surface area (Å²) < 4.78 is 16.3. The van der Waals surface area contributed by atoms with Crippen molar-refractivity contribution in [2.24, 2.45) is 5.41 Å². The zero-order chi connectivity index (χ0) is 16.3. The smallest absolute Gasteiger partial charge is 0.338 e. The van der Waals surface area contributed by atoms with Crippen molar-refractivity contribution in [1.82, 2.24) is 0 Å². The molecule has 0 saturated carbocycles. The normalized spacial score (nSPS) is 27.6. The molecule has 7 nitrogen and oxygen atoms in total. The molecule has 1 saturated heterocycles. The largest absolute Gasteiger partial charge is 0.453 e. The molecule has 0 aliphatic carbocycles. The summed E-state index contributed by atoms with van der Waals surface area (Å²) in [6.45, 7) is 4.41. The third-order valence-electron chi connectivity index (χ3n) is 4.10. The maximum atomic E-state index is 12.2. The van der Waals surface area contributed by atoms with E-state index in [9.17, 15) is 14.9 Å². The summed E-state index contributed by atoms with van der Waals surface area (Å²) in [5, 5.41) is 10.6. The van der Waals surface area contributed by atoms with Gasteiger partial charge in [0.1, 0.15) is 0 Å². The zero-order valence-electron chi connectivity index (χ0n) is 12.8. The van der Waals surface area contributed by atoms with Gasteiger partial charge in [0.2, 0.25) is 0 Å². The highest BCUT2D eigenvalue weighted by Gasteiger charge is 2.48. The molecule has 0 N–H and O–H groups in total. The molecular formula is C15H19NO6. The molecule has 1 aromatic rings. The van der Waals surface area contributed by atoms with E-state index < -0.39 is 23.3 Å². The Kier molecular flexibility index (Phi) is 4.77. The minimum atomic E-state index is -0.605. The molecular weight excluding hydrogens is 290 g/mol. The molecule has 1 aliphatic rings. The number of non-ortho nitro benzene ring substituents is 1. The molecule has 0 spiro atoms. The summed E-state index contributed by atoms with van der Waals surface area (Å²) in [5.74, 6) is -0.549. The lowest BCUT2D eigenvalue weighted by Crippen LogP contribution is -2.39. The minimum Gasteiger partial charge on any atom is -0.453 e. The molecule has 0 unspecified atom stereocenters. The van der Waals surface area contributed by atoms with Crippen molar-refractivity contribution in [3.8, 4) is 0 Å². The summed E-state index contributed by atoms with van der Waals surface area (Å²) in [6.07, 6.45) is -0.359. The predicted octanol–water partition coefficient (Wildman–Crippen LogP) is 2.54. The van der Waals surface area contributed by atoms with E-state index in [0.717, 1.165) is 6.42 Å². The molecule has 0 radical (unpaired) electrons.